The van der Waals surface area contributed by atoms with Crippen LogP contribution in [0, 0.1) is 5.92 Å². The van der Waals surface area contributed by atoms with E-state index in [2.05, 4.69) is 24.9 Å². The predicted octanol–water partition coefficient (Wildman–Crippen LogP) is 0.469. The van der Waals surface area contributed by atoms with Crippen molar-refractivity contribution in [1.29, 1.82) is 0 Å². The monoisotopic (exact) mass is 366 g/mol. The van der Waals surface area contributed by atoms with Gasteiger partial charge in [-0.05, 0) is 6.92 Å². The van der Waals surface area contributed by atoms with E-state index in [1.165, 1.54) is 27.5 Å². The maximum absolute atomic E-state index is 12.5. The van der Waals surface area contributed by atoms with Crippen LogP contribution in [0.15, 0.2) is 10.9 Å². The van der Waals surface area contributed by atoms with Crippen molar-refractivity contribution in [3.05, 3.63) is 17.2 Å². The summed E-state index contributed by atoms with van der Waals surface area (Å²) in [6.45, 7) is 3.37. The zero-order chi connectivity index (χ0) is 17.8. The van der Waals surface area contributed by atoms with Crippen molar-refractivity contribution in [2.24, 2.45) is 5.92 Å². The van der Waals surface area contributed by atoms with Crippen LogP contribution < -0.4 is 4.90 Å². The summed E-state index contributed by atoms with van der Waals surface area (Å²) in [4.78, 5) is 31.7. The van der Waals surface area contributed by atoms with Crippen LogP contribution >= 0.6 is 11.3 Å². The molecule has 0 saturated carbocycles. The summed E-state index contributed by atoms with van der Waals surface area (Å²) in [5.74, 6) is -0.282. The van der Waals surface area contributed by atoms with Crippen molar-refractivity contribution >= 4 is 28.3 Å². The van der Waals surface area contributed by atoms with Crippen LogP contribution in [-0.2, 0) is 27.5 Å². The molecule has 10 nitrogen and oxygen atoms in total. The van der Waals surface area contributed by atoms with Crippen LogP contribution in [0.5, 0.6) is 0 Å². The Morgan fingerprint density at radius 1 is 1.52 bits per heavy atom. The zero-order valence-corrected chi connectivity index (χ0v) is 14.7. The topological polar surface area (TPSA) is 115 Å². The van der Waals surface area contributed by atoms with Gasteiger partial charge in [0.05, 0.1) is 12.5 Å². The second-order valence-corrected chi connectivity index (χ2v) is 6.60. The van der Waals surface area contributed by atoms with Crippen LogP contribution in [0.1, 0.15) is 24.2 Å². The molecule has 2 aromatic rings. The van der Waals surface area contributed by atoms with Crippen molar-refractivity contribution in [3.8, 4) is 0 Å². The average Bonchev–Trinajstić information content (AvgIpc) is 3.33. The summed E-state index contributed by atoms with van der Waals surface area (Å²) in [6.07, 6.45) is 1.36. The van der Waals surface area contributed by atoms with Gasteiger partial charge in [-0.25, -0.2) is 0 Å². The average molecular weight is 366 g/mol. The van der Waals surface area contributed by atoms with E-state index in [4.69, 9.17) is 4.74 Å². The summed E-state index contributed by atoms with van der Waals surface area (Å²) in [7, 11) is 1.65. The molecular weight excluding hydrogens is 348 g/mol. The highest BCUT2D eigenvalue weighted by Gasteiger charge is 2.38. The van der Waals surface area contributed by atoms with Gasteiger partial charge >= 0.3 is 0 Å². The van der Waals surface area contributed by atoms with Crippen molar-refractivity contribution in [3.63, 3.8) is 0 Å². The van der Waals surface area contributed by atoms with Gasteiger partial charge in [0.15, 0.2) is 5.82 Å². The SMILES string of the molecule is CCOCc1nnc(N2CC(C(=O)N(C)Cc3ncon3)CC2=O)s1. The molecule has 11 heteroatoms. The lowest BCUT2D eigenvalue weighted by Crippen LogP contribution is -2.34. The first-order chi connectivity index (χ1) is 12.1. The number of rotatable bonds is 7. The van der Waals surface area contributed by atoms with E-state index >= 15 is 0 Å². The summed E-state index contributed by atoms with van der Waals surface area (Å²) >= 11 is 1.30. The Labute approximate surface area is 147 Å². The highest BCUT2D eigenvalue weighted by Crippen LogP contribution is 2.29. The summed E-state index contributed by atoms with van der Waals surface area (Å²) in [5, 5.41) is 12.9. The molecule has 0 bridgehead atoms. The Morgan fingerprint density at radius 2 is 2.36 bits per heavy atom. The molecule has 1 fully saturated rings. The van der Waals surface area contributed by atoms with Crippen molar-refractivity contribution in [2.45, 2.75) is 26.5 Å². The maximum atomic E-state index is 12.5. The molecule has 0 spiro atoms. The Bertz CT molecular complexity index is 734. The summed E-state index contributed by atoms with van der Waals surface area (Å²) < 4.78 is 9.94. The Kier molecular flexibility index (Phi) is 5.34. The van der Waals surface area contributed by atoms with Gasteiger partial charge in [0.1, 0.15) is 11.6 Å². The molecule has 1 unspecified atom stereocenters. The predicted molar refractivity (Wildman–Crippen MR) is 86.5 cm³/mol. The number of hydrogen-bond donors (Lipinski definition) is 0. The van der Waals surface area contributed by atoms with E-state index in [1.807, 2.05) is 6.92 Å². The molecule has 0 N–H and O–H groups in total. The van der Waals surface area contributed by atoms with Crippen LogP contribution in [0.2, 0.25) is 0 Å². The summed E-state index contributed by atoms with van der Waals surface area (Å²) in [5.41, 5.74) is 0. The molecule has 0 radical (unpaired) electrons. The standard InChI is InChI=1S/C14H18N6O4S/c1-3-23-7-11-16-17-14(25-11)20-5-9(4-12(20)21)13(22)19(2)6-10-15-8-24-18-10/h8-9H,3-7H2,1-2H3. The molecule has 134 valence electrons. The van der Waals surface area contributed by atoms with E-state index < -0.39 is 5.92 Å². The lowest BCUT2D eigenvalue weighted by Gasteiger charge is -2.19. The number of hydrogen-bond acceptors (Lipinski definition) is 9. The van der Waals surface area contributed by atoms with Gasteiger partial charge < -0.3 is 14.2 Å². The van der Waals surface area contributed by atoms with E-state index in [1.54, 1.807) is 7.05 Å². The van der Waals surface area contributed by atoms with Crippen molar-refractivity contribution in [1.82, 2.24) is 25.2 Å². The molecule has 2 aromatic heterocycles. The van der Waals surface area contributed by atoms with Gasteiger partial charge in [-0.15, -0.1) is 10.2 Å². The highest BCUT2D eigenvalue weighted by atomic mass is 32.1. The molecule has 1 atom stereocenters. The number of nitrogens with zero attached hydrogens (tertiary/aromatic N) is 6. The molecule has 3 rings (SSSR count). The molecule has 0 aliphatic carbocycles. The molecule has 1 aliphatic rings. The van der Waals surface area contributed by atoms with E-state index in [0.29, 0.717) is 29.2 Å². The molecule has 1 saturated heterocycles. The minimum Gasteiger partial charge on any atom is -0.374 e. The van der Waals surface area contributed by atoms with Crippen LogP contribution in [0.25, 0.3) is 0 Å². The zero-order valence-electron chi connectivity index (χ0n) is 13.9. The molecule has 1 aliphatic heterocycles. The first-order valence-corrected chi connectivity index (χ1v) is 8.60. The fourth-order valence-corrected chi connectivity index (χ4v) is 3.33. The summed E-state index contributed by atoms with van der Waals surface area (Å²) in [6, 6.07) is 0. The molecular formula is C14H18N6O4S. The second-order valence-electron chi connectivity index (χ2n) is 5.56. The molecule has 25 heavy (non-hydrogen) atoms. The minimum absolute atomic E-state index is 0.134. The fraction of sp³-hybridized carbons (Fsp3) is 0.571. The third-order valence-electron chi connectivity index (χ3n) is 3.75. The van der Waals surface area contributed by atoms with Crippen molar-refractivity contribution < 1.29 is 18.8 Å². The number of anilines is 1. The third kappa shape index (κ3) is 3.99. The number of ether oxygens (including phenoxy) is 1. The molecule has 0 aromatic carbocycles. The fourth-order valence-electron chi connectivity index (χ4n) is 2.52. The van der Waals surface area contributed by atoms with Gasteiger partial charge in [0.2, 0.25) is 23.3 Å². The number of carbonyl (C=O) groups excluding carboxylic acids is 2. The van der Waals surface area contributed by atoms with Crippen LogP contribution in [0.4, 0.5) is 5.13 Å². The van der Waals surface area contributed by atoms with Gasteiger partial charge in [-0.1, -0.05) is 16.5 Å². The molecule has 2 amide bonds. The van der Waals surface area contributed by atoms with Crippen LogP contribution in [-0.4, -0.2) is 57.3 Å². The quantitative estimate of drug-likeness (QED) is 0.694. The Morgan fingerprint density at radius 3 is 3.08 bits per heavy atom. The van der Waals surface area contributed by atoms with Gasteiger partial charge in [-0.3, -0.25) is 14.5 Å². The van der Waals surface area contributed by atoms with Crippen molar-refractivity contribution in [2.75, 3.05) is 25.1 Å². The third-order valence-corrected chi connectivity index (χ3v) is 4.67. The number of carbonyl (C=O) groups is 2. The van der Waals surface area contributed by atoms with E-state index in [-0.39, 0.29) is 31.3 Å². The van der Waals surface area contributed by atoms with E-state index in [0.717, 1.165) is 0 Å². The Balaban J connectivity index is 1.61. The maximum Gasteiger partial charge on any atom is 0.229 e. The van der Waals surface area contributed by atoms with E-state index in [9.17, 15) is 9.59 Å². The normalized spacial score (nSPS) is 17.3. The first-order valence-electron chi connectivity index (χ1n) is 7.79. The smallest absolute Gasteiger partial charge is 0.229 e. The van der Waals surface area contributed by atoms with Gasteiger partial charge in [-0.2, -0.15) is 4.98 Å². The Hall–Kier alpha value is -2.40. The van der Waals surface area contributed by atoms with Crippen LogP contribution in [0.3, 0.4) is 0 Å². The van der Waals surface area contributed by atoms with Gasteiger partial charge in [0, 0.05) is 26.6 Å². The number of aromatic nitrogens is 4. The number of amides is 2. The lowest BCUT2D eigenvalue weighted by atomic mass is 10.1. The van der Waals surface area contributed by atoms with Gasteiger partial charge in [0.25, 0.3) is 0 Å². The highest BCUT2D eigenvalue weighted by molar-refractivity contribution is 7.15. The second kappa shape index (κ2) is 7.66. The first kappa shape index (κ1) is 17.4. The minimum atomic E-state index is -0.427. The lowest BCUT2D eigenvalue weighted by molar-refractivity contribution is -0.135. The largest absolute Gasteiger partial charge is 0.374 e. The molecule has 3 heterocycles.